The van der Waals surface area contributed by atoms with E-state index >= 15 is 0 Å². The Morgan fingerprint density at radius 1 is 0.821 bits per heavy atom. The molecule has 2 aromatic carbocycles. The van der Waals surface area contributed by atoms with Crippen LogP contribution in [0.25, 0.3) is 0 Å². The molecule has 1 fully saturated rings. The number of halogens is 2. The maximum atomic E-state index is 12.8. The molecule has 0 aliphatic carbocycles. The second-order valence-corrected chi connectivity index (χ2v) is 7.33. The summed E-state index contributed by atoms with van der Waals surface area (Å²) in [6.45, 7) is 2.72. The van der Waals surface area contributed by atoms with Crippen LogP contribution in [-0.4, -0.2) is 61.0 Å². The number of nitrogens with zero attached hydrogens (tertiary/aromatic N) is 2. The molecule has 2 heterocycles. The van der Waals surface area contributed by atoms with Crippen molar-refractivity contribution in [3.05, 3.63) is 57.6 Å². The fourth-order valence-corrected chi connectivity index (χ4v) is 3.69. The highest BCUT2D eigenvalue weighted by molar-refractivity contribution is 6.43. The zero-order chi connectivity index (χ0) is 19.7. The van der Waals surface area contributed by atoms with E-state index in [9.17, 15) is 9.59 Å². The summed E-state index contributed by atoms with van der Waals surface area (Å²) in [5.74, 6) is 0.960. The minimum atomic E-state index is -0.182. The third-order valence-corrected chi connectivity index (χ3v) is 5.64. The summed E-state index contributed by atoms with van der Waals surface area (Å²) >= 11 is 12.2. The van der Waals surface area contributed by atoms with Gasteiger partial charge < -0.3 is 19.3 Å². The van der Waals surface area contributed by atoms with Crippen LogP contribution in [0, 0.1) is 0 Å². The molecule has 0 unspecified atom stereocenters. The molecule has 28 heavy (non-hydrogen) atoms. The molecule has 2 aromatic rings. The van der Waals surface area contributed by atoms with E-state index in [1.807, 2.05) is 0 Å². The average molecular weight is 421 g/mol. The average Bonchev–Trinajstić information content (AvgIpc) is 2.74. The van der Waals surface area contributed by atoms with Crippen LogP contribution < -0.4 is 9.47 Å². The first kappa shape index (κ1) is 18.9. The first-order chi connectivity index (χ1) is 13.5. The second-order valence-electron chi connectivity index (χ2n) is 6.54. The van der Waals surface area contributed by atoms with Gasteiger partial charge in [0.1, 0.15) is 13.2 Å². The van der Waals surface area contributed by atoms with Crippen LogP contribution in [0.4, 0.5) is 0 Å². The van der Waals surface area contributed by atoms with E-state index in [1.54, 1.807) is 46.2 Å². The molecule has 2 amide bonds. The number of piperazine rings is 1. The highest BCUT2D eigenvalue weighted by atomic mass is 35.5. The van der Waals surface area contributed by atoms with Crippen molar-refractivity contribution >= 4 is 35.0 Å². The Morgan fingerprint density at radius 3 is 2.18 bits per heavy atom. The molecule has 0 bridgehead atoms. The largest absolute Gasteiger partial charge is 0.486 e. The molecular weight excluding hydrogens is 403 g/mol. The van der Waals surface area contributed by atoms with Gasteiger partial charge in [-0.25, -0.2) is 0 Å². The minimum absolute atomic E-state index is 0.0927. The molecule has 2 aliphatic heterocycles. The third-order valence-electron chi connectivity index (χ3n) is 4.83. The molecule has 0 aromatic heterocycles. The molecule has 2 aliphatic rings. The van der Waals surface area contributed by atoms with Crippen molar-refractivity contribution in [2.24, 2.45) is 0 Å². The number of hydrogen-bond acceptors (Lipinski definition) is 4. The monoisotopic (exact) mass is 420 g/mol. The molecule has 8 heteroatoms. The quantitative estimate of drug-likeness (QED) is 0.747. The lowest BCUT2D eigenvalue weighted by molar-refractivity contribution is 0.0535. The van der Waals surface area contributed by atoms with E-state index in [2.05, 4.69) is 0 Å². The number of carbonyl (C=O) groups is 2. The molecule has 0 radical (unpaired) electrons. The summed E-state index contributed by atoms with van der Waals surface area (Å²) in [5, 5.41) is 0.601. The van der Waals surface area contributed by atoms with Gasteiger partial charge in [0.15, 0.2) is 11.5 Å². The fraction of sp³-hybridized carbons (Fsp3) is 0.300. The molecule has 0 atom stereocenters. The van der Waals surface area contributed by atoms with Gasteiger partial charge in [-0.3, -0.25) is 9.59 Å². The van der Waals surface area contributed by atoms with E-state index < -0.39 is 0 Å². The van der Waals surface area contributed by atoms with E-state index in [0.717, 1.165) is 0 Å². The molecule has 0 saturated carbocycles. The highest BCUT2D eigenvalue weighted by Gasteiger charge is 2.27. The van der Waals surface area contributed by atoms with Crippen LogP contribution in [0.15, 0.2) is 36.4 Å². The smallest absolute Gasteiger partial charge is 0.255 e. The summed E-state index contributed by atoms with van der Waals surface area (Å²) in [7, 11) is 0. The van der Waals surface area contributed by atoms with Crippen LogP contribution >= 0.6 is 23.2 Å². The Labute approximate surface area is 172 Å². The number of carbonyl (C=O) groups excluding carboxylic acids is 2. The second kappa shape index (κ2) is 7.89. The van der Waals surface area contributed by atoms with Crippen molar-refractivity contribution in [1.29, 1.82) is 0 Å². The molecular formula is C20H18Cl2N2O4. The molecule has 0 N–H and O–H groups in total. The molecule has 146 valence electrons. The SMILES string of the molecule is O=C(c1ccc2c(c1)OCCO2)N1CCN(C(=O)c2cccc(Cl)c2Cl)CC1. The van der Waals surface area contributed by atoms with Crippen LogP contribution in [0.2, 0.25) is 10.0 Å². The third kappa shape index (κ3) is 3.62. The zero-order valence-corrected chi connectivity index (χ0v) is 16.5. The van der Waals surface area contributed by atoms with E-state index in [0.29, 0.717) is 67.0 Å². The lowest BCUT2D eigenvalue weighted by Gasteiger charge is -2.35. The Kier molecular flexibility index (Phi) is 5.33. The number of fused-ring (bicyclic) bond motifs is 1. The summed E-state index contributed by atoms with van der Waals surface area (Å²) < 4.78 is 11.0. The molecule has 4 rings (SSSR count). The van der Waals surface area contributed by atoms with E-state index in [-0.39, 0.29) is 16.8 Å². The van der Waals surface area contributed by atoms with E-state index in [4.69, 9.17) is 32.7 Å². The number of rotatable bonds is 2. The number of hydrogen-bond donors (Lipinski definition) is 0. The van der Waals surface area contributed by atoms with Gasteiger partial charge in [0.05, 0.1) is 15.6 Å². The van der Waals surface area contributed by atoms with Crippen LogP contribution in [0.5, 0.6) is 11.5 Å². The van der Waals surface area contributed by atoms with Crippen molar-refractivity contribution in [1.82, 2.24) is 9.80 Å². The van der Waals surface area contributed by atoms with Crippen molar-refractivity contribution in [2.75, 3.05) is 39.4 Å². The lowest BCUT2D eigenvalue weighted by Crippen LogP contribution is -2.50. The predicted molar refractivity (Wildman–Crippen MR) is 106 cm³/mol. The van der Waals surface area contributed by atoms with Gasteiger partial charge in [-0.1, -0.05) is 29.3 Å². The van der Waals surface area contributed by atoms with E-state index in [1.165, 1.54) is 0 Å². The van der Waals surface area contributed by atoms with Crippen molar-refractivity contribution in [2.45, 2.75) is 0 Å². The Balaban J connectivity index is 1.42. The van der Waals surface area contributed by atoms with Crippen molar-refractivity contribution < 1.29 is 19.1 Å². The summed E-state index contributed by atoms with van der Waals surface area (Å²) in [5.41, 5.74) is 0.919. The molecule has 1 saturated heterocycles. The summed E-state index contributed by atoms with van der Waals surface area (Å²) in [6.07, 6.45) is 0. The van der Waals surface area contributed by atoms with Gasteiger partial charge in [-0.2, -0.15) is 0 Å². The van der Waals surface area contributed by atoms with Gasteiger partial charge in [-0.05, 0) is 30.3 Å². The predicted octanol–water partition coefficient (Wildman–Crippen LogP) is 3.36. The topological polar surface area (TPSA) is 59.1 Å². The summed E-state index contributed by atoms with van der Waals surface area (Å²) in [6, 6.07) is 10.2. The Bertz CT molecular complexity index is 926. The first-order valence-electron chi connectivity index (χ1n) is 8.97. The molecule has 6 nitrogen and oxygen atoms in total. The number of amides is 2. The van der Waals surface area contributed by atoms with Gasteiger partial charge in [0, 0.05) is 31.7 Å². The standard InChI is InChI=1S/C20H18Cl2N2O4/c21-15-3-1-2-14(18(15)22)20(26)24-8-6-23(7-9-24)19(25)13-4-5-16-17(12-13)28-11-10-27-16/h1-5,12H,6-11H2. The molecule has 0 spiro atoms. The van der Waals surface area contributed by atoms with Gasteiger partial charge in [0.2, 0.25) is 0 Å². The first-order valence-corrected chi connectivity index (χ1v) is 9.72. The lowest BCUT2D eigenvalue weighted by atomic mass is 10.1. The van der Waals surface area contributed by atoms with Crippen LogP contribution in [-0.2, 0) is 0 Å². The fourth-order valence-electron chi connectivity index (χ4n) is 3.31. The van der Waals surface area contributed by atoms with Crippen LogP contribution in [0.3, 0.4) is 0 Å². The number of ether oxygens (including phenoxy) is 2. The van der Waals surface area contributed by atoms with Gasteiger partial charge in [-0.15, -0.1) is 0 Å². The Morgan fingerprint density at radius 2 is 1.46 bits per heavy atom. The number of benzene rings is 2. The maximum Gasteiger partial charge on any atom is 0.255 e. The highest BCUT2D eigenvalue weighted by Crippen LogP contribution is 2.31. The normalized spacial score (nSPS) is 16.1. The van der Waals surface area contributed by atoms with Gasteiger partial charge in [0.25, 0.3) is 11.8 Å². The van der Waals surface area contributed by atoms with Gasteiger partial charge >= 0.3 is 0 Å². The Hall–Kier alpha value is -2.44. The van der Waals surface area contributed by atoms with Crippen molar-refractivity contribution in [3.63, 3.8) is 0 Å². The minimum Gasteiger partial charge on any atom is -0.486 e. The van der Waals surface area contributed by atoms with Crippen molar-refractivity contribution in [3.8, 4) is 11.5 Å². The zero-order valence-electron chi connectivity index (χ0n) is 15.0. The van der Waals surface area contributed by atoms with Crippen LogP contribution in [0.1, 0.15) is 20.7 Å². The summed E-state index contributed by atoms with van der Waals surface area (Å²) in [4.78, 5) is 29.0. The maximum absolute atomic E-state index is 12.8.